The number of nitrogens with two attached hydrogens (primary N) is 2. The average molecular weight is 263 g/mol. The van der Waals surface area contributed by atoms with Crippen molar-refractivity contribution in [3.63, 3.8) is 0 Å². The number of nitrogen functional groups attached to an aromatic ring is 1. The lowest BCUT2D eigenvalue weighted by molar-refractivity contribution is 0.0998. The van der Waals surface area contributed by atoms with E-state index in [9.17, 15) is 4.79 Å². The predicted molar refractivity (Wildman–Crippen MR) is 70.9 cm³/mol. The van der Waals surface area contributed by atoms with E-state index in [4.69, 9.17) is 27.8 Å². The number of amides is 1. The van der Waals surface area contributed by atoms with E-state index in [0.717, 1.165) is 0 Å². The molecule has 0 radical (unpaired) electrons. The second kappa shape index (κ2) is 4.98. The lowest BCUT2D eigenvalue weighted by Crippen LogP contribution is -2.12. The summed E-state index contributed by atoms with van der Waals surface area (Å²) in [5, 5.41) is 0.254. The molecule has 0 saturated carbocycles. The number of primary amides is 1. The van der Waals surface area contributed by atoms with Gasteiger partial charge in [0, 0.05) is 11.8 Å². The highest BCUT2D eigenvalue weighted by atomic mass is 35.5. The van der Waals surface area contributed by atoms with Crippen LogP contribution in [0.2, 0.25) is 5.02 Å². The zero-order chi connectivity index (χ0) is 13.1. The second-order valence-corrected chi connectivity index (χ2v) is 4.06. The van der Waals surface area contributed by atoms with Crippen LogP contribution < -0.4 is 16.2 Å². The van der Waals surface area contributed by atoms with Crippen LogP contribution in [-0.2, 0) is 0 Å². The SMILES string of the molecule is NC(=O)c1c(Cl)cccc1Oc1cccc(N)c1. The quantitative estimate of drug-likeness (QED) is 0.835. The normalized spacial score (nSPS) is 10.1. The fourth-order valence-corrected chi connectivity index (χ4v) is 1.79. The zero-order valence-electron chi connectivity index (χ0n) is 9.39. The maximum atomic E-state index is 11.3. The molecule has 0 bridgehead atoms. The topological polar surface area (TPSA) is 78.3 Å². The molecule has 18 heavy (non-hydrogen) atoms. The van der Waals surface area contributed by atoms with Gasteiger partial charge in [0.05, 0.1) is 5.02 Å². The molecule has 4 N–H and O–H groups in total. The monoisotopic (exact) mass is 262 g/mol. The second-order valence-electron chi connectivity index (χ2n) is 3.65. The van der Waals surface area contributed by atoms with E-state index in [-0.39, 0.29) is 10.6 Å². The van der Waals surface area contributed by atoms with Gasteiger partial charge in [-0.1, -0.05) is 23.7 Å². The highest BCUT2D eigenvalue weighted by Crippen LogP contribution is 2.30. The van der Waals surface area contributed by atoms with Crippen molar-refractivity contribution in [2.45, 2.75) is 0 Å². The van der Waals surface area contributed by atoms with Crippen LogP contribution in [-0.4, -0.2) is 5.91 Å². The van der Waals surface area contributed by atoms with Gasteiger partial charge in [0.15, 0.2) is 0 Å². The van der Waals surface area contributed by atoms with E-state index in [2.05, 4.69) is 0 Å². The molecule has 0 spiro atoms. The Balaban J connectivity index is 2.40. The molecule has 0 heterocycles. The highest BCUT2D eigenvalue weighted by molar-refractivity contribution is 6.34. The highest BCUT2D eigenvalue weighted by Gasteiger charge is 2.14. The Kier molecular flexibility index (Phi) is 3.39. The number of halogens is 1. The van der Waals surface area contributed by atoms with Gasteiger partial charge in [0.2, 0.25) is 0 Å². The molecule has 0 unspecified atom stereocenters. The molecule has 4 nitrogen and oxygen atoms in total. The standard InChI is InChI=1S/C13H11ClN2O2/c14-10-5-2-6-11(12(10)13(16)17)18-9-4-1-3-8(15)7-9/h1-7H,15H2,(H2,16,17). The molecule has 92 valence electrons. The number of anilines is 1. The fourth-order valence-electron chi connectivity index (χ4n) is 1.53. The van der Waals surface area contributed by atoms with E-state index in [0.29, 0.717) is 17.2 Å². The minimum Gasteiger partial charge on any atom is -0.456 e. The molecule has 0 aliphatic heterocycles. The van der Waals surface area contributed by atoms with Crippen LogP contribution in [0.3, 0.4) is 0 Å². The Morgan fingerprint density at radius 1 is 1.17 bits per heavy atom. The largest absolute Gasteiger partial charge is 0.456 e. The van der Waals surface area contributed by atoms with E-state index in [1.807, 2.05) is 0 Å². The summed E-state index contributed by atoms with van der Waals surface area (Å²) in [5.74, 6) is 0.180. The Bertz CT molecular complexity index is 599. The molecule has 2 rings (SSSR count). The van der Waals surface area contributed by atoms with Gasteiger partial charge in [0.1, 0.15) is 17.1 Å². The van der Waals surface area contributed by atoms with E-state index in [1.54, 1.807) is 42.5 Å². The summed E-state index contributed by atoms with van der Waals surface area (Å²) in [7, 11) is 0. The van der Waals surface area contributed by atoms with Gasteiger partial charge in [0.25, 0.3) is 5.91 Å². The van der Waals surface area contributed by atoms with Crippen LogP contribution in [0.4, 0.5) is 5.69 Å². The number of carbonyl (C=O) groups excluding carboxylic acids is 1. The van der Waals surface area contributed by atoms with Crippen LogP contribution in [0.15, 0.2) is 42.5 Å². The number of ether oxygens (including phenoxy) is 1. The number of benzene rings is 2. The van der Waals surface area contributed by atoms with Gasteiger partial charge >= 0.3 is 0 Å². The van der Waals surface area contributed by atoms with Crippen molar-refractivity contribution < 1.29 is 9.53 Å². The van der Waals surface area contributed by atoms with Crippen LogP contribution >= 0.6 is 11.6 Å². The fraction of sp³-hybridized carbons (Fsp3) is 0. The third-order valence-corrected chi connectivity index (χ3v) is 2.62. The Morgan fingerprint density at radius 2 is 1.89 bits per heavy atom. The Morgan fingerprint density at radius 3 is 2.56 bits per heavy atom. The first-order chi connectivity index (χ1) is 8.58. The van der Waals surface area contributed by atoms with Crippen molar-refractivity contribution in [1.29, 1.82) is 0 Å². The van der Waals surface area contributed by atoms with Gasteiger partial charge in [-0.2, -0.15) is 0 Å². The first-order valence-corrected chi connectivity index (χ1v) is 5.57. The van der Waals surface area contributed by atoms with Crippen molar-refractivity contribution in [3.8, 4) is 11.5 Å². The Hall–Kier alpha value is -2.20. The van der Waals surface area contributed by atoms with Crippen molar-refractivity contribution in [2.75, 3.05) is 5.73 Å². The molecule has 0 fully saturated rings. The van der Waals surface area contributed by atoms with Crippen LogP contribution in [0.5, 0.6) is 11.5 Å². The van der Waals surface area contributed by atoms with Gasteiger partial charge in [-0.05, 0) is 24.3 Å². The minimum atomic E-state index is -0.639. The van der Waals surface area contributed by atoms with E-state index in [1.165, 1.54) is 0 Å². The molecule has 0 aliphatic carbocycles. The first-order valence-electron chi connectivity index (χ1n) is 5.19. The number of rotatable bonds is 3. The molecule has 5 heteroatoms. The minimum absolute atomic E-state index is 0.154. The summed E-state index contributed by atoms with van der Waals surface area (Å²) in [6.07, 6.45) is 0. The van der Waals surface area contributed by atoms with Crippen LogP contribution in [0, 0.1) is 0 Å². The summed E-state index contributed by atoms with van der Waals surface area (Å²) in [4.78, 5) is 11.3. The lowest BCUT2D eigenvalue weighted by atomic mass is 10.2. The lowest BCUT2D eigenvalue weighted by Gasteiger charge is -2.10. The molecule has 0 aliphatic rings. The van der Waals surface area contributed by atoms with E-state index < -0.39 is 5.91 Å². The van der Waals surface area contributed by atoms with Gasteiger partial charge < -0.3 is 16.2 Å². The molecule has 0 aromatic heterocycles. The maximum absolute atomic E-state index is 11.3. The van der Waals surface area contributed by atoms with E-state index >= 15 is 0 Å². The summed E-state index contributed by atoms with van der Waals surface area (Å²) >= 11 is 5.92. The molecular weight excluding hydrogens is 252 g/mol. The van der Waals surface area contributed by atoms with Crippen molar-refractivity contribution >= 4 is 23.2 Å². The van der Waals surface area contributed by atoms with Crippen LogP contribution in [0.1, 0.15) is 10.4 Å². The third kappa shape index (κ3) is 2.55. The molecular formula is C13H11ClN2O2. The predicted octanol–water partition coefficient (Wildman–Crippen LogP) is 2.81. The number of carbonyl (C=O) groups is 1. The molecule has 1 amide bonds. The van der Waals surface area contributed by atoms with Crippen LogP contribution in [0.25, 0.3) is 0 Å². The summed E-state index contributed by atoms with van der Waals surface area (Å²) in [6, 6.07) is 11.7. The summed E-state index contributed by atoms with van der Waals surface area (Å²) in [5.41, 5.74) is 11.6. The van der Waals surface area contributed by atoms with Crippen molar-refractivity contribution in [1.82, 2.24) is 0 Å². The zero-order valence-corrected chi connectivity index (χ0v) is 10.1. The van der Waals surface area contributed by atoms with Gasteiger partial charge in [-0.15, -0.1) is 0 Å². The summed E-state index contributed by atoms with van der Waals surface area (Å²) < 4.78 is 5.57. The maximum Gasteiger partial charge on any atom is 0.254 e. The number of hydrogen-bond donors (Lipinski definition) is 2. The van der Waals surface area contributed by atoms with Gasteiger partial charge in [-0.25, -0.2) is 0 Å². The summed E-state index contributed by atoms with van der Waals surface area (Å²) in [6.45, 7) is 0. The molecule has 0 atom stereocenters. The smallest absolute Gasteiger partial charge is 0.254 e. The molecule has 2 aromatic rings. The molecule has 0 saturated heterocycles. The number of hydrogen-bond acceptors (Lipinski definition) is 3. The Labute approximate surface area is 109 Å². The molecule has 2 aromatic carbocycles. The average Bonchev–Trinajstić information content (AvgIpc) is 2.28. The van der Waals surface area contributed by atoms with Crippen molar-refractivity contribution in [3.05, 3.63) is 53.1 Å². The van der Waals surface area contributed by atoms with Gasteiger partial charge in [-0.3, -0.25) is 4.79 Å². The van der Waals surface area contributed by atoms with Crippen molar-refractivity contribution in [2.24, 2.45) is 5.73 Å². The third-order valence-electron chi connectivity index (χ3n) is 2.31. The first kappa shape index (κ1) is 12.3.